The van der Waals surface area contributed by atoms with Crippen molar-refractivity contribution in [1.82, 2.24) is 0 Å². The van der Waals surface area contributed by atoms with Crippen molar-refractivity contribution in [2.45, 2.75) is 19.8 Å². The Morgan fingerprint density at radius 2 is 2.04 bits per heavy atom. The van der Waals surface area contributed by atoms with Crippen LogP contribution in [0.15, 0.2) is 53.9 Å². The van der Waals surface area contributed by atoms with Crippen molar-refractivity contribution >= 4 is 28.1 Å². The number of aryl methyl sites for hydroxylation is 1. The highest BCUT2D eigenvalue weighted by Crippen LogP contribution is 2.49. The van der Waals surface area contributed by atoms with Crippen molar-refractivity contribution in [3.8, 4) is 11.8 Å². The Morgan fingerprint density at radius 3 is 2.75 bits per heavy atom. The third-order valence-electron chi connectivity index (χ3n) is 4.80. The first kappa shape index (κ1) is 18.1. The Balaban J connectivity index is 1.92. The van der Waals surface area contributed by atoms with Crippen LogP contribution in [0, 0.1) is 18.3 Å². The van der Waals surface area contributed by atoms with Crippen LogP contribution >= 0.6 is 11.3 Å². The summed E-state index contributed by atoms with van der Waals surface area (Å²) in [6.07, 6.45) is 0. The lowest BCUT2D eigenvalue weighted by molar-refractivity contribution is 0.0522. The predicted molar refractivity (Wildman–Crippen MR) is 108 cm³/mol. The van der Waals surface area contributed by atoms with Crippen molar-refractivity contribution in [3.63, 3.8) is 0 Å². The van der Waals surface area contributed by atoms with Crippen molar-refractivity contribution in [1.29, 1.82) is 5.26 Å². The zero-order valence-corrected chi connectivity index (χ0v) is 16.3. The van der Waals surface area contributed by atoms with Gasteiger partial charge in [0.2, 0.25) is 5.88 Å². The second kappa shape index (κ2) is 7.02. The molecule has 1 unspecified atom stereocenters. The van der Waals surface area contributed by atoms with E-state index in [-0.39, 0.29) is 18.4 Å². The van der Waals surface area contributed by atoms with Crippen LogP contribution in [-0.2, 0) is 4.74 Å². The van der Waals surface area contributed by atoms with Crippen molar-refractivity contribution < 1.29 is 14.3 Å². The minimum absolute atomic E-state index is 0.0245. The van der Waals surface area contributed by atoms with E-state index in [0.29, 0.717) is 16.9 Å². The fourth-order valence-electron chi connectivity index (χ4n) is 3.54. The lowest BCUT2D eigenvalue weighted by Crippen LogP contribution is -2.21. The number of carbonyl (C=O) groups excluding carboxylic acids is 1. The van der Waals surface area contributed by atoms with E-state index in [2.05, 4.69) is 12.1 Å². The zero-order chi connectivity index (χ0) is 19.8. The Bertz CT molecular complexity index is 1170. The van der Waals surface area contributed by atoms with Gasteiger partial charge in [-0.2, -0.15) is 5.26 Å². The maximum Gasteiger partial charge on any atom is 0.343 e. The minimum atomic E-state index is -0.442. The van der Waals surface area contributed by atoms with E-state index in [1.807, 2.05) is 43.3 Å². The monoisotopic (exact) mass is 390 g/mol. The van der Waals surface area contributed by atoms with Gasteiger partial charge in [0.25, 0.3) is 0 Å². The van der Waals surface area contributed by atoms with Gasteiger partial charge < -0.3 is 15.2 Å². The largest absolute Gasteiger partial charge is 0.462 e. The number of ether oxygens (including phenoxy) is 2. The summed E-state index contributed by atoms with van der Waals surface area (Å²) in [7, 11) is 0. The molecule has 0 saturated heterocycles. The summed E-state index contributed by atoms with van der Waals surface area (Å²) in [5, 5.41) is 11.9. The quantitative estimate of drug-likeness (QED) is 0.660. The molecule has 2 heterocycles. The summed E-state index contributed by atoms with van der Waals surface area (Å²) >= 11 is 1.43. The molecule has 0 amide bonds. The van der Waals surface area contributed by atoms with Crippen LogP contribution in [-0.4, -0.2) is 12.6 Å². The van der Waals surface area contributed by atoms with E-state index < -0.39 is 5.97 Å². The highest BCUT2D eigenvalue weighted by molar-refractivity contribution is 7.12. The molecule has 6 heteroatoms. The van der Waals surface area contributed by atoms with Crippen LogP contribution in [0.25, 0.3) is 10.8 Å². The molecule has 0 fully saturated rings. The van der Waals surface area contributed by atoms with Crippen LogP contribution in [0.4, 0.5) is 0 Å². The predicted octanol–water partition coefficient (Wildman–Crippen LogP) is 4.60. The molecule has 0 saturated carbocycles. The fraction of sp³-hybridized carbons (Fsp3) is 0.182. The number of thiophene rings is 1. The molecule has 0 radical (unpaired) electrons. The van der Waals surface area contributed by atoms with Crippen molar-refractivity contribution in [2.24, 2.45) is 5.73 Å². The molecule has 2 N–H and O–H groups in total. The van der Waals surface area contributed by atoms with Crippen molar-refractivity contribution in [2.75, 3.05) is 6.61 Å². The summed E-state index contributed by atoms with van der Waals surface area (Å²) in [6, 6.07) is 16.3. The summed E-state index contributed by atoms with van der Waals surface area (Å²) < 4.78 is 10.9. The van der Waals surface area contributed by atoms with Gasteiger partial charge in [0.1, 0.15) is 17.2 Å². The Hall–Kier alpha value is -3.30. The lowest BCUT2D eigenvalue weighted by Gasteiger charge is -2.24. The molecule has 0 spiro atoms. The van der Waals surface area contributed by atoms with E-state index in [0.717, 1.165) is 26.1 Å². The first-order chi connectivity index (χ1) is 13.5. The maximum absolute atomic E-state index is 12.5. The third kappa shape index (κ3) is 2.81. The summed E-state index contributed by atoms with van der Waals surface area (Å²) in [4.78, 5) is 14.0. The number of carbonyl (C=O) groups is 1. The van der Waals surface area contributed by atoms with Gasteiger partial charge in [0, 0.05) is 4.88 Å². The summed E-state index contributed by atoms with van der Waals surface area (Å²) in [6.45, 7) is 3.87. The second-order valence-electron chi connectivity index (χ2n) is 6.48. The smallest absolute Gasteiger partial charge is 0.343 e. The number of fused-ring (bicyclic) bond motifs is 2. The minimum Gasteiger partial charge on any atom is -0.462 e. The van der Waals surface area contributed by atoms with Crippen LogP contribution in [0.5, 0.6) is 5.75 Å². The molecule has 2 aromatic carbocycles. The molecule has 1 atom stereocenters. The molecule has 0 aliphatic carbocycles. The number of nitrogens with zero attached hydrogens (tertiary/aromatic N) is 1. The first-order valence-corrected chi connectivity index (χ1v) is 9.73. The molecule has 140 valence electrons. The molecule has 4 rings (SSSR count). The average molecular weight is 390 g/mol. The highest BCUT2D eigenvalue weighted by Gasteiger charge is 2.37. The zero-order valence-electron chi connectivity index (χ0n) is 15.5. The first-order valence-electron chi connectivity index (χ1n) is 8.91. The van der Waals surface area contributed by atoms with E-state index in [4.69, 9.17) is 15.2 Å². The number of benzene rings is 2. The van der Waals surface area contributed by atoms with Gasteiger partial charge in [-0.25, -0.2) is 4.79 Å². The number of hydrogen-bond acceptors (Lipinski definition) is 6. The molecular weight excluding hydrogens is 372 g/mol. The molecule has 5 nitrogen and oxygen atoms in total. The van der Waals surface area contributed by atoms with E-state index >= 15 is 0 Å². The van der Waals surface area contributed by atoms with Crippen LogP contribution in [0.3, 0.4) is 0 Å². The Kier molecular flexibility index (Phi) is 4.54. The van der Waals surface area contributed by atoms with Crippen LogP contribution < -0.4 is 10.5 Å². The number of allylic oxidation sites excluding steroid dienone is 1. The normalized spacial score (nSPS) is 15.7. The molecule has 1 aliphatic rings. The Labute approximate surface area is 166 Å². The van der Waals surface area contributed by atoms with E-state index in [1.54, 1.807) is 6.92 Å². The van der Waals surface area contributed by atoms with Crippen molar-refractivity contribution in [3.05, 3.63) is 74.8 Å². The topological polar surface area (TPSA) is 85.3 Å². The second-order valence-corrected chi connectivity index (χ2v) is 7.73. The van der Waals surface area contributed by atoms with Crippen LogP contribution in [0.2, 0.25) is 0 Å². The molecule has 28 heavy (non-hydrogen) atoms. The van der Waals surface area contributed by atoms with Gasteiger partial charge >= 0.3 is 5.97 Å². The summed E-state index contributed by atoms with van der Waals surface area (Å²) in [5.41, 5.74) is 7.74. The summed E-state index contributed by atoms with van der Waals surface area (Å²) in [5.74, 6) is -0.402. The number of nitrogens with two attached hydrogens (primary N) is 1. The average Bonchev–Trinajstić information content (AvgIpc) is 3.02. The number of esters is 1. The van der Waals surface area contributed by atoms with E-state index in [1.165, 1.54) is 11.3 Å². The third-order valence-corrected chi connectivity index (χ3v) is 5.95. The van der Waals surface area contributed by atoms with Gasteiger partial charge in [-0.15, -0.1) is 11.3 Å². The highest BCUT2D eigenvalue weighted by atomic mass is 32.1. The molecule has 1 aliphatic heterocycles. The Morgan fingerprint density at radius 1 is 1.29 bits per heavy atom. The standard InChI is InChI=1S/C22H18N2O3S/c1-3-26-22(25)17-12(2)28-20-18(16(11-23)21(24)27-19(17)20)15-9-8-13-6-4-5-7-14(13)10-15/h4-10,18H,3,24H2,1-2H3. The number of rotatable bonds is 3. The molecule has 3 aromatic rings. The fourth-order valence-corrected chi connectivity index (χ4v) is 4.76. The SMILES string of the molecule is CCOC(=O)c1c(C)sc2c1OC(N)=C(C#N)C2c1ccc2ccccc2c1. The van der Waals surface area contributed by atoms with Gasteiger partial charge in [-0.3, -0.25) is 0 Å². The molecule has 0 bridgehead atoms. The van der Waals surface area contributed by atoms with Gasteiger partial charge in [-0.05, 0) is 30.2 Å². The van der Waals surface area contributed by atoms with Gasteiger partial charge in [0.15, 0.2) is 5.75 Å². The number of nitriles is 1. The lowest BCUT2D eigenvalue weighted by atomic mass is 9.87. The maximum atomic E-state index is 12.5. The van der Waals surface area contributed by atoms with Crippen LogP contribution in [0.1, 0.15) is 38.5 Å². The molecular formula is C22H18N2O3S. The number of hydrogen-bond donors (Lipinski definition) is 1. The van der Waals surface area contributed by atoms with Gasteiger partial charge in [0.05, 0.1) is 17.4 Å². The van der Waals surface area contributed by atoms with E-state index in [9.17, 15) is 10.1 Å². The molecule has 1 aromatic heterocycles. The van der Waals surface area contributed by atoms with Gasteiger partial charge in [-0.1, -0.05) is 42.5 Å².